The largest absolute Gasteiger partial charge is 0.293 e. The SMILES string of the molecule is O=C(c1cccc(Br)c1)[C@@H](Br)[C@H](Br)c1ccc(Br)cc1. The normalized spacial score (nSPS) is 13.8. The van der Waals surface area contributed by atoms with Crippen molar-refractivity contribution in [2.75, 3.05) is 0 Å². The minimum absolute atomic E-state index is 0.0519. The van der Waals surface area contributed by atoms with E-state index in [2.05, 4.69) is 63.7 Å². The second-order valence-electron chi connectivity index (χ2n) is 4.23. The fraction of sp³-hybridized carbons (Fsp3) is 0.133. The number of ketones is 1. The van der Waals surface area contributed by atoms with E-state index in [4.69, 9.17) is 0 Å². The summed E-state index contributed by atoms with van der Waals surface area (Å²) < 4.78 is 1.92. The number of Topliss-reactive ketones (excluding diaryl/α,β-unsaturated/α-hetero) is 1. The Morgan fingerprint density at radius 3 is 2.15 bits per heavy atom. The number of hydrogen-bond donors (Lipinski definition) is 0. The van der Waals surface area contributed by atoms with Gasteiger partial charge in [0, 0.05) is 14.5 Å². The molecule has 20 heavy (non-hydrogen) atoms. The van der Waals surface area contributed by atoms with Gasteiger partial charge in [-0.1, -0.05) is 88.0 Å². The summed E-state index contributed by atoms with van der Waals surface area (Å²) in [7, 11) is 0. The molecule has 1 nitrogen and oxygen atoms in total. The Morgan fingerprint density at radius 2 is 1.55 bits per heavy atom. The predicted molar refractivity (Wildman–Crippen MR) is 97.0 cm³/mol. The van der Waals surface area contributed by atoms with Crippen LogP contribution in [0.4, 0.5) is 0 Å². The molecule has 0 amide bonds. The summed E-state index contributed by atoms with van der Waals surface area (Å²) in [5.41, 5.74) is 1.74. The molecular weight excluding hydrogens is 516 g/mol. The zero-order chi connectivity index (χ0) is 14.7. The highest BCUT2D eigenvalue weighted by Gasteiger charge is 2.26. The molecule has 0 aromatic heterocycles. The average Bonchev–Trinajstić information content (AvgIpc) is 2.46. The van der Waals surface area contributed by atoms with Crippen molar-refractivity contribution in [3.05, 3.63) is 68.6 Å². The zero-order valence-corrected chi connectivity index (χ0v) is 16.5. The standard InChI is InChI=1S/C15H10Br4O/c16-11-6-4-9(5-7-11)13(18)14(19)15(20)10-2-1-3-12(17)8-10/h1-8,13-14H/t13-,14+/m1/s1. The van der Waals surface area contributed by atoms with Crippen molar-refractivity contribution in [3.8, 4) is 0 Å². The van der Waals surface area contributed by atoms with E-state index in [9.17, 15) is 4.79 Å². The van der Waals surface area contributed by atoms with Crippen LogP contribution in [0.5, 0.6) is 0 Å². The number of benzene rings is 2. The van der Waals surface area contributed by atoms with E-state index in [0.717, 1.165) is 14.5 Å². The first kappa shape index (κ1) is 16.4. The van der Waals surface area contributed by atoms with Gasteiger partial charge in [-0.25, -0.2) is 0 Å². The highest BCUT2D eigenvalue weighted by Crippen LogP contribution is 2.34. The lowest BCUT2D eigenvalue weighted by Crippen LogP contribution is -2.19. The first-order valence-corrected chi connectivity index (χ1v) is 9.24. The van der Waals surface area contributed by atoms with Gasteiger partial charge in [-0.15, -0.1) is 0 Å². The summed E-state index contributed by atoms with van der Waals surface area (Å²) in [5.74, 6) is 0.0519. The second kappa shape index (κ2) is 7.34. The van der Waals surface area contributed by atoms with Crippen LogP contribution in [0.25, 0.3) is 0 Å². The summed E-state index contributed by atoms with van der Waals surface area (Å²) in [6.45, 7) is 0. The third-order valence-electron chi connectivity index (χ3n) is 2.80. The lowest BCUT2D eigenvalue weighted by atomic mass is 10.0. The molecule has 0 N–H and O–H groups in total. The molecule has 104 valence electrons. The minimum atomic E-state index is -0.321. The highest BCUT2D eigenvalue weighted by molar-refractivity contribution is 9.12. The third-order valence-corrected chi connectivity index (χ3v) is 6.54. The Kier molecular flexibility index (Phi) is 6.02. The molecule has 0 heterocycles. The van der Waals surface area contributed by atoms with E-state index in [0.29, 0.717) is 5.56 Å². The van der Waals surface area contributed by atoms with E-state index in [1.807, 2.05) is 48.5 Å². The maximum Gasteiger partial charge on any atom is 0.177 e. The van der Waals surface area contributed by atoms with Crippen LogP contribution >= 0.6 is 63.7 Å². The molecule has 2 aromatic rings. The van der Waals surface area contributed by atoms with Gasteiger partial charge in [0.1, 0.15) is 0 Å². The van der Waals surface area contributed by atoms with Gasteiger partial charge >= 0.3 is 0 Å². The Bertz CT molecular complexity index is 610. The van der Waals surface area contributed by atoms with Crippen molar-refractivity contribution < 1.29 is 4.79 Å². The van der Waals surface area contributed by atoms with Crippen LogP contribution in [0.1, 0.15) is 20.7 Å². The van der Waals surface area contributed by atoms with Gasteiger partial charge in [-0.3, -0.25) is 4.79 Å². The molecule has 0 bridgehead atoms. The molecule has 2 atom stereocenters. The first-order valence-electron chi connectivity index (χ1n) is 5.82. The van der Waals surface area contributed by atoms with Crippen LogP contribution in [0.2, 0.25) is 0 Å². The predicted octanol–water partition coefficient (Wildman–Crippen LogP) is 6.29. The number of carbonyl (C=O) groups is 1. The molecule has 0 aliphatic carbocycles. The Labute approximate surface area is 151 Å². The molecule has 0 saturated carbocycles. The molecule has 0 unspecified atom stereocenters. The van der Waals surface area contributed by atoms with Gasteiger partial charge in [-0.05, 0) is 29.8 Å². The number of hydrogen-bond acceptors (Lipinski definition) is 1. The van der Waals surface area contributed by atoms with Crippen LogP contribution in [-0.4, -0.2) is 10.6 Å². The summed E-state index contributed by atoms with van der Waals surface area (Å²) in [6, 6.07) is 15.3. The fourth-order valence-electron chi connectivity index (χ4n) is 1.75. The Hall–Kier alpha value is 0.0300. The molecule has 5 heteroatoms. The van der Waals surface area contributed by atoms with Gasteiger partial charge in [0.25, 0.3) is 0 Å². The second-order valence-corrected chi connectivity index (χ2v) is 8.03. The topological polar surface area (TPSA) is 17.1 Å². The van der Waals surface area contributed by atoms with E-state index >= 15 is 0 Å². The maximum atomic E-state index is 12.5. The molecule has 2 rings (SSSR count). The minimum Gasteiger partial charge on any atom is -0.293 e. The van der Waals surface area contributed by atoms with Crippen LogP contribution in [-0.2, 0) is 0 Å². The number of alkyl halides is 2. The van der Waals surface area contributed by atoms with Gasteiger partial charge in [0.15, 0.2) is 5.78 Å². The van der Waals surface area contributed by atoms with Crippen molar-refractivity contribution in [2.45, 2.75) is 9.65 Å². The van der Waals surface area contributed by atoms with E-state index < -0.39 is 0 Å². The zero-order valence-electron chi connectivity index (χ0n) is 10.2. The Balaban J connectivity index is 2.20. The highest BCUT2D eigenvalue weighted by atomic mass is 79.9. The van der Waals surface area contributed by atoms with Gasteiger partial charge < -0.3 is 0 Å². The average molecular weight is 526 g/mol. The smallest absolute Gasteiger partial charge is 0.177 e. The summed E-state index contributed by atoms with van der Waals surface area (Å²) in [4.78, 5) is 12.1. The van der Waals surface area contributed by atoms with Gasteiger partial charge in [0.05, 0.1) is 9.65 Å². The van der Waals surface area contributed by atoms with Crippen molar-refractivity contribution in [2.24, 2.45) is 0 Å². The maximum absolute atomic E-state index is 12.5. The number of halogens is 4. The van der Waals surface area contributed by atoms with Crippen molar-refractivity contribution in [3.63, 3.8) is 0 Å². The van der Waals surface area contributed by atoms with Gasteiger partial charge in [0.2, 0.25) is 0 Å². The first-order chi connectivity index (χ1) is 9.49. The monoisotopic (exact) mass is 522 g/mol. The van der Waals surface area contributed by atoms with Crippen LogP contribution in [0.3, 0.4) is 0 Å². The molecule has 0 aliphatic rings. The third kappa shape index (κ3) is 4.03. The Morgan fingerprint density at radius 1 is 0.900 bits per heavy atom. The number of carbonyl (C=O) groups excluding carboxylic acids is 1. The molecule has 0 saturated heterocycles. The van der Waals surface area contributed by atoms with Crippen LogP contribution < -0.4 is 0 Å². The molecule has 0 radical (unpaired) electrons. The van der Waals surface area contributed by atoms with Crippen molar-refractivity contribution >= 4 is 69.5 Å². The van der Waals surface area contributed by atoms with Gasteiger partial charge in [-0.2, -0.15) is 0 Å². The quantitative estimate of drug-likeness (QED) is 0.338. The molecular formula is C15H10Br4O. The fourth-order valence-corrected chi connectivity index (χ4v) is 3.53. The van der Waals surface area contributed by atoms with Crippen LogP contribution in [0, 0.1) is 0 Å². The van der Waals surface area contributed by atoms with Crippen molar-refractivity contribution in [1.29, 1.82) is 0 Å². The summed E-state index contributed by atoms with van der Waals surface area (Å²) >= 11 is 13.9. The van der Waals surface area contributed by atoms with Crippen molar-refractivity contribution in [1.82, 2.24) is 0 Å². The lowest BCUT2D eigenvalue weighted by molar-refractivity contribution is 0.0991. The lowest BCUT2D eigenvalue weighted by Gasteiger charge is -2.16. The summed E-state index contributed by atoms with van der Waals surface area (Å²) in [5, 5.41) is 0. The molecule has 0 spiro atoms. The molecule has 0 aliphatic heterocycles. The van der Waals surface area contributed by atoms with E-state index in [1.165, 1.54) is 0 Å². The molecule has 2 aromatic carbocycles. The van der Waals surface area contributed by atoms with E-state index in [-0.39, 0.29) is 15.4 Å². The summed E-state index contributed by atoms with van der Waals surface area (Å²) in [6.07, 6.45) is 0. The van der Waals surface area contributed by atoms with Crippen LogP contribution in [0.15, 0.2) is 57.5 Å². The molecule has 0 fully saturated rings. The number of rotatable bonds is 4. The van der Waals surface area contributed by atoms with E-state index in [1.54, 1.807) is 0 Å².